The molecule has 1 aromatic rings. The van der Waals surface area contributed by atoms with E-state index in [1.54, 1.807) is 0 Å². The van der Waals surface area contributed by atoms with Crippen LogP contribution in [0.1, 0.15) is 56.7 Å². The Morgan fingerprint density at radius 2 is 1.85 bits per heavy atom. The van der Waals surface area contributed by atoms with Gasteiger partial charge in [0.05, 0.1) is 6.04 Å². The van der Waals surface area contributed by atoms with Gasteiger partial charge in [0.25, 0.3) is 5.91 Å². The second-order valence-corrected chi connectivity index (χ2v) is 7.27. The van der Waals surface area contributed by atoms with E-state index >= 15 is 0 Å². The molecule has 140 valence electrons. The van der Waals surface area contributed by atoms with Gasteiger partial charge in [-0.1, -0.05) is 43.7 Å². The lowest BCUT2D eigenvalue weighted by atomic mass is 9.93. The Morgan fingerprint density at radius 3 is 2.42 bits per heavy atom. The third kappa shape index (κ3) is 3.08. The molecule has 4 amide bonds. The summed E-state index contributed by atoms with van der Waals surface area (Å²) >= 11 is 0. The highest BCUT2D eigenvalue weighted by Crippen LogP contribution is 2.33. The summed E-state index contributed by atoms with van der Waals surface area (Å²) < 4.78 is 0. The largest absolute Gasteiger partial charge is 0.334 e. The molecule has 1 unspecified atom stereocenters. The van der Waals surface area contributed by atoms with Crippen LogP contribution in [0.2, 0.25) is 0 Å². The molecule has 2 fully saturated rings. The predicted molar refractivity (Wildman–Crippen MR) is 98.4 cm³/mol. The van der Waals surface area contributed by atoms with Crippen molar-refractivity contribution in [1.82, 2.24) is 15.1 Å². The molecule has 0 aromatic heterocycles. The van der Waals surface area contributed by atoms with E-state index in [1.807, 2.05) is 37.8 Å². The molecular formula is C20H27N3O3. The van der Waals surface area contributed by atoms with E-state index in [-0.39, 0.29) is 24.4 Å². The number of amides is 4. The quantitative estimate of drug-likeness (QED) is 0.824. The van der Waals surface area contributed by atoms with Crippen LogP contribution in [0.5, 0.6) is 0 Å². The molecule has 0 aliphatic carbocycles. The van der Waals surface area contributed by atoms with E-state index in [0.717, 1.165) is 23.3 Å². The standard InChI is InChI=1S/C20H27N3O3/c1-4-20(5-2)18(25)23(19(26)21-20)13-17(24)22-12-6-7-16(22)15-10-8-14(3)9-11-15/h8-11,16H,4-7,12-13H2,1-3H3,(H,21,26). The van der Waals surface area contributed by atoms with Crippen LogP contribution in [-0.4, -0.2) is 46.3 Å². The van der Waals surface area contributed by atoms with E-state index < -0.39 is 11.6 Å². The monoisotopic (exact) mass is 357 g/mol. The van der Waals surface area contributed by atoms with E-state index in [9.17, 15) is 14.4 Å². The van der Waals surface area contributed by atoms with Gasteiger partial charge in [0.15, 0.2) is 0 Å². The summed E-state index contributed by atoms with van der Waals surface area (Å²) in [6, 6.07) is 7.76. The maximum Gasteiger partial charge on any atom is 0.325 e. The Morgan fingerprint density at radius 1 is 1.19 bits per heavy atom. The lowest BCUT2D eigenvalue weighted by molar-refractivity contribution is -0.139. The zero-order valence-electron chi connectivity index (χ0n) is 15.7. The number of hydrogen-bond acceptors (Lipinski definition) is 3. The first kappa shape index (κ1) is 18.4. The summed E-state index contributed by atoms with van der Waals surface area (Å²) in [7, 11) is 0. The molecule has 0 radical (unpaired) electrons. The van der Waals surface area contributed by atoms with Gasteiger partial charge in [0.1, 0.15) is 12.1 Å². The minimum absolute atomic E-state index is 0.0194. The SMILES string of the molecule is CCC1(CC)NC(=O)N(CC(=O)N2CCCC2c2ccc(C)cc2)C1=O. The molecule has 1 N–H and O–H groups in total. The van der Waals surface area contributed by atoms with Crippen LogP contribution >= 0.6 is 0 Å². The van der Waals surface area contributed by atoms with Crippen molar-refractivity contribution in [3.63, 3.8) is 0 Å². The number of carbonyl (C=O) groups excluding carboxylic acids is 3. The molecule has 6 heteroatoms. The fourth-order valence-corrected chi connectivity index (χ4v) is 3.98. The van der Waals surface area contributed by atoms with Gasteiger partial charge in [-0.2, -0.15) is 0 Å². The molecule has 2 heterocycles. The van der Waals surface area contributed by atoms with Crippen LogP contribution in [0.15, 0.2) is 24.3 Å². The average Bonchev–Trinajstić information content (AvgIpc) is 3.21. The number of imide groups is 1. The lowest BCUT2D eigenvalue weighted by Crippen LogP contribution is -2.47. The Hall–Kier alpha value is -2.37. The highest BCUT2D eigenvalue weighted by molar-refractivity contribution is 6.09. The zero-order chi connectivity index (χ0) is 18.9. The number of urea groups is 1. The van der Waals surface area contributed by atoms with E-state index in [0.29, 0.717) is 19.4 Å². The predicted octanol–water partition coefficient (Wildman–Crippen LogP) is 2.77. The molecule has 2 aliphatic heterocycles. The summed E-state index contributed by atoms with van der Waals surface area (Å²) in [5, 5.41) is 2.78. The number of rotatable bonds is 5. The van der Waals surface area contributed by atoms with Crippen molar-refractivity contribution in [1.29, 1.82) is 0 Å². The number of likely N-dealkylation sites (tertiary alicyclic amines) is 1. The summed E-state index contributed by atoms with van der Waals surface area (Å²) in [6.45, 7) is 6.26. The second kappa shape index (κ2) is 7.09. The number of carbonyl (C=O) groups is 3. The number of hydrogen-bond donors (Lipinski definition) is 1. The lowest BCUT2D eigenvalue weighted by Gasteiger charge is -2.27. The van der Waals surface area contributed by atoms with E-state index in [4.69, 9.17) is 0 Å². The normalized spacial score (nSPS) is 22.0. The molecule has 26 heavy (non-hydrogen) atoms. The van der Waals surface area contributed by atoms with Gasteiger partial charge in [0, 0.05) is 6.54 Å². The minimum atomic E-state index is -0.862. The minimum Gasteiger partial charge on any atom is -0.334 e. The van der Waals surface area contributed by atoms with Gasteiger partial charge in [-0.3, -0.25) is 14.5 Å². The van der Waals surface area contributed by atoms with Crippen molar-refractivity contribution in [3.05, 3.63) is 35.4 Å². The fraction of sp³-hybridized carbons (Fsp3) is 0.550. The maximum absolute atomic E-state index is 12.9. The smallest absolute Gasteiger partial charge is 0.325 e. The molecule has 6 nitrogen and oxygen atoms in total. The van der Waals surface area contributed by atoms with Crippen molar-refractivity contribution in [3.8, 4) is 0 Å². The van der Waals surface area contributed by atoms with Gasteiger partial charge in [-0.15, -0.1) is 0 Å². The van der Waals surface area contributed by atoms with Crippen molar-refractivity contribution < 1.29 is 14.4 Å². The maximum atomic E-state index is 12.9. The third-order valence-electron chi connectivity index (χ3n) is 5.78. The van der Waals surface area contributed by atoms with Crippen LogP contribution < -0.4 is 5.32 Å². The molecule has 0 spiro atoms. The molecular weight excluding hydrogens is 330 g/mol. The summed E-state index contributed by atoms with van der Waals surface area (Å²) in [4.78, 5) is 40.8. The average molecular weight is 357 g/mol. The van der Waals surface area contributed by atoms with Crippen LogP contribution in [0.4, 0.5) is 4.79 Å². The Labute approximate surface area is 154 Å². The van der Waals surface area contributed by atoms with Gasteiger partial charge in [-0.05, 0) is 38.2 Å². The van der Waals surface area contributed by atoms with Crippen molar-refractivity contribution >= 4 is 17.8 Å². The zero-order valence-corrected chi connectivity index (χ0v) is 15.7. The third-order valence-corrected chi connectivity index (χ3v) is 5.78. The van der Waals surface area contributed by atoms with Gasteiger partial charge in [-0.25, -0.2) is 4.79 Å². The first-order valence-corrected chi connectivity index (χ1v) is 9.42. The van der Waals surface area contributed by atoms with Gasteiger partial charge < -0.3 is 10.2 Å². The number of nitrogens with zero attached hydrogens (tertiary/aromatic N) is 2. The number of aryl methyl sites for hydroxylation is 1. The first-order chi connectivity index (χ1) is 12.4. The Balaban J connectivity index is 1.74. The van der Waals surface area contributed by atoms with Gasteiger partial charge in [0.2, 0.25) is 5.91 Å². The van der Waals surface area contributed by atoms with Crippen molar-refractivity contribution in [2.24, 2.45) is 0 Å². The van der Waals surface area contributed by atoms with Crippen LogP contribution in [0.3, 0.4) is 0 Å². The topological polar surface area (TPSA) is 69.7 Å². The Kier molecular flexibility index (Phi) is 5.03. The fourth-order valence-electron chi connectivity index (χ4n) is 3.98. The molecule has 0 saturated carbocycles. The van der Waals surface area contributed by atoms with Crippen LogP contribution in [-0.2, 0) is 9.59 Å². The van der Waals surface area contributed by atoms with Crippen LogP contribution in [0.25, 0.3) is 0 Å². The first-order valence-electron chi connectivity index (χ1n) is 9.42. The van der Waals surface area contributed by atoms with E-state index in [2.05, 4.69) is 17.4 Å². The van der Waals surface area contributed by atoms with Gasteiger partial charge >= 0.3 is 6.03 Å². The van der Waals surface area contributed by atoms with Crippen molar-refractivity contribution in [2.75, 3.05) is 13.1 Å². The molecule has 2 aliphatic rings. The molecule has 1 atom stereocenters. The summed E-state index contributed by atoms with van der Waals surface area (Å²) in [5.41, 5.74) is 1.42. The molecule has 0 bridgehead atoms. The second-order valence-electron chi connectivity index (χ2n) is 7.27. The molecule has 2 saturated heterocycles. The highest BCUT2D eigenvalue weighted by Gasteiger charge is 2.49. The summed E-state index contributed by atoms with van der Waals surface area (Å²) in [5.74, 6) is -0.452. The molecule has 1 aromatic carbocycles. The Bertz CT molecular complexity index is 710. The number of nitrogens with one attached hydrogen (secondary N) is 1. The summed E-state index contributed by atoms with van der Waals surface area (Å²) in [6.07, 6.45) is 2.88. The highest BCUT2D eigenvalue weighted by atomic mass is 16.2. The van der Waals surface area contributed by atoms with Crippen LogP contribution in [0, 0.1) is 6.92 Å². The van der Waals surface area contributed by atoms with Crippen molar-refractivity contribution in [2.45, 2.75) is 58.0 Å². The van der Waals surface area contributed by atoms with E-state index in [1.165, 1.54) is 5.56 Å². The number of benzene rings is 1. The molecule has 3 rings (SSSR count).